The zero-order chi connectivity index (χ0) is 9.26. The minimum absolute atomic E-state index is 0.0819. The van der Waals surface area contributed by atoms with Crippen LogP contribution in [0.15, 0.2) is 0 Å². The van der Waals surface area contributed by atoms with Crippen molar-refractivity contribution in [3.8, 4) is 0 Å². The van der Waals surface area contributed by atoms with E-state index in [4.69, 9.17) is 0 Å². The maximum absolute atomic E-state index is 11.4. The Morgan fingerprint density at radius 2 is 1.85 bits per heavy atom. The van der Waals surface area contributed by atoms with Crippen LogP contribution in [0.4, 0.5) is 0 Å². The molecule has 2 aliphatic rings. The average molecular weight is 183 g/mol. The summed E-state index contributed by atoms with van der Waals surface area (Å²) in [7, 11) is 0. The normalized spacial score (nSPS) is 30.0. The molecule has 0 bridgehead atoms. The second-order valence-electron chi connectivity index (χ2n) is 3.50. The van der Waals surface area contributed by atoms with Gasteiger partial charge in [0.15, 0.2) is 0 Å². The van der Waals surface area contributed by atoms with Crippen molar-refractivity contribution >= 4 is 11.8 Å². The number of amides is 2. The Bertz CT molecular complexity index is 236. The average Bonchev–Trinajstić information content (AvgIpc) is 2.61. The molecule has 2 N–H and O–H groups in total. The lowest BCUT2D eigenvalue weighted by molar-refractivity contribution is -0.139. The molecule has 1 atom stereocenters. The molecule has 13 heavy (non-hydrogen) atoms. The van der Waals surface area contributed by atoms with Gasteiger partial charge in [-0.25, -0.2) is 0 Å². The summed E-state index contributed by atoms with van der Waals surface area (Å²) in [5.74, 6) is -0.182. The molecular weight excluding hydrogens is 170 g/mol. The SMILES string of the molecule is O=C1C[C@H](N2CCCC2)C(=O)NN1. The number of rotatable bonds is 1. The van der Waals surface area contributed by atoms with E-state index in [1.54, 1.807) is 0 Å². The Morgan fingerprint density at radius 3 is 2.54 bits per heavy atom. The van der Waals surface area contributed by atoms with Gasteiger partial charge in [0.1, 0.15) is 0 Å². The van der Waals surface area contributed by atoms with Gasteiger partial charge in [-0.1, -0.05) is 0 Å². The number of hydrogen-bond acceptors (Lipinski definition) is 3. The minimum Gasteiger partial charge on any atom is -0.291 e. The molecule has 2 amide bonds. The van der Waals surface area contributed by atoms with Crippen LogP contribution >= 0.6 is 0 Å². The molecule has 0 aromatic rings. The Kier molecular flexibility index (Phi) is 2.18. The van der Waals surface area contributed by atoms with Crippen molar-refractivity contribution in [1.82, 2.24) is 15.8 Å². The van der Waals surface area contributed by atoms with Crippen LogP contribution in [0.2, 0.25) is 0 Å². The summed E-state index contributed by atoms with van der Waals surface area (Å²) >= 11 is 0. The maximum atomic E-state index is 11.4. The molecule has 2 fully saturated rings. The first-order chi connectivity index (χ1) is 6.27. The highest BCUT2D eigenvalue weighted by Crippen LogP contribution is 2.15. The quantitative estimate of drug-likeness (QED) is 0.548. The van der Waals surface area contributed by atoms with Crippen molar-refractivity contribution in [1.29, 1.82) is 0 Å². The Labute approximate surface area is 76.4 Å². The van der Waals surface area contributed by atoms with Gasteiger partial charge in [-0.3, -0.25) is 25.3 Å². The van der Waals surface area contributed by atoms with Crippen LogP contribution in [0.25, 0.3) is 0 Å². The fraction of sp³-hybridized carbons (Fsp3) is 0.750. The van der Waals surface area contributed by atoms with E-state index in [0.717, 1.165) is 25.9 Å². The highest BCUT2D eigenvalue weighted by atomic mass is 16.2. The first-order valence-electron chi connectivity index (χ1n) is 4.60. The Hall–Kier alpha value is -1.10. The zero-order valence-corrected chi connectivity index (χ0v) is 7.38. The predicted molar refractivity (Wildman–Crippen MR) is 45.5 cm³/mol. The third kappa shape index (κ3) is 1.65. The van der Waals surface area contributed by atoms with E-state index in [-0.39, 0.29) is 17.9 Å². The van der Waals surface area contributed by atoms with Gasteiger partial charge >= 0.3 is 0 Å². The van der Waals surface area contributed by atoms with Crippen molar-refractivity contribution in [3.63, 3.8) is 0 Å². The molecule has 5 nitrogen and oxygen atoms in total. The van der Waals surface area contributed by atoms with Gasteiger partial charge in [-0.05, 0) is 25.9 Å². The molecule has 0 saturated carbocycles. The summed E-state index contributed by atoms with van der Waals surface area (Å²) in [5, 5.41) is 0. The second kappa shape index (κ2) is 3.33. The first-order valence-corrected chi connectivity index (χ1v) is 4.60. The molecule has 0 radical (unpaired) electrons. The summed E-state index contributed by atoms with van der Waals surface area (Å²) in [4.78, 5) is 24.5. The van der Waals surface area contributed by atoms with Crippen LogP contribution in [0.1, 0.15) is 19.3 Å². The molecule has 2 saturated heterocycles. The van der Waals surface area contributed by atoms with E-state index >= 15 is 0 Å². The number of likely N-dealkylation sites (tertiary alicyclic amines) is 1. The van der Waals surface area contributed by atoms with Crippen LogP contribution in [0.5, 0.6) is 0 Å². The van der Waals surface area contributed by atoms with Crippen molar-refractivity contribution < 1.29 is 9.59 Å². The van der Waals surface area contributed by atoms with Gasteiger partial charge in [-0.2, -0.15) is 0 Å². The second-order valence-corrected chi connectivity index (χ2v) is 3.50. The highest BCUT2D eigenvalue weighted by Gasteiger charge is 2.33. The number of carbonyl (C=O) groups excluding carboxylic acids is 2. The molecule has 5 heteroatoms. The molecule has 0 aromatic heterocycles. The molecule has 2 aliphatic heterocycles. The third-order valence-corrected chi connectivity index (χ3v) is 2.59. The van der Waals surface area contributed by atoms with E-state index < -0.39 is 0 Å². The standard InChI is InChI=1S/C8H13N3O2/c12-7-5-6(8(13)10-9-7)11-3-1-2-4-11/h6H,1-5H2,(H,9,12)(H,10,13)/t6-/m0/s1. The van der Waals surface area contributed by atoms with Crippen molar-refractivity contribution in [2.75, 3.05) is 13.1 Å². The van der Waals surface area contributed by atoms with Gasteiger partial charge in [0, 0.05) is 0 Å². The van der Waals surface area contributed by atoms with Crippen LogP contribution < -0.4 is 10.9 Å². The summed E-state index contributed by atoms with van der Waals surface area (Å²) in [6.07, 6.45) is 2.56. The first kappa shape index (κ1) is 8.50. The fourth-order valence-electron chi connectivity index (χ4n) is 1.88. The van der Waals surface area contributed by atoms with Gasteiger partial charge in [-0.15, -0.1) is 0 Å². The van der Waals surface area contributed by atoms with E-state index in [0.29, 0.717) is 6.42 Å². The number of hydrazine groups is 1. The van der Waals surface area contributed by atoms with Crippen LogP contribution in [0, 0.1) is 0 Å². The number of nitrogens with zero attached hydrogens (tertiary/aromatic N) is 1. The Balaban J connectivity index is 2.02. The maximum Gasteiger partial charge on any atom is 0.256 e. The summed E-state index contributed by atoms with van der Waals surface area (Å²) in [5.41, 5.74) is 4.70. The molecule has 0 aliphatic carbocycles. The largest absolute Gasteiger partial charge is 0.291 e. The van der Waals surface area contributed by atoms with Crippen LogP contribution in [-0.4, -0.2) is 35.8 Å². The smallest absolute Gasteiger partial charge is 0.256 e. The van der Waals surface area contributed by atoms with Crippen molar-refractivity contribution in [2.45, 2.75) is 25.3 Å². The number of carbonyl (C=O) groups is 2. The van der Waals surface area contributed by atoms with Gasteiger partial charge in [0.2, 0.25) is 5.91 Å². The fourth-order valence-corrected chi connectivity index (χ4v) is 1.88. The lowest BCUT2D eigenvalue weighted by Crippen LogP contribution is -2.58. The Morgan fingerprint density at radius 1 is 1.15 bits per heavy atom. The van der Waals surface area contributed by atoms with Gasteiger partial charge < -0.3 is 0 Å². The van der Waals surface area contributed by atoms with E-state index in [1.165, 1.54) is 0 Å². The van der Waals surface area contributed by atoms with Gasteiger partial charge in [0.25, 0.3) is 5.91 Å². The molecule has 0 unspecified atom stereocenters. The van der Waals surface area contributed by atoms with E-state index in [2.05, 4.69) is 15.8 Å². The monoisotopic (exact) mass is 183 g/mol. The van der Waals surface area contributed by atoms with E-state index in [1.807, 2.05) is 0 Å². The van der Waals surface area contributed by atoms with E-state index in [9.17, 15) is 9.59 Å². The minimum atomic E-state index is -0.240. The third-order valence-electron chi connectivity index (χ3n) is 2.59. The summed E-state index contributed by atoms with van der Waals surface area (Å²) < 4.78 is 0. The highest BCUT2D eigenvalue weighted by molar-refractivity contribution is 5.93. The number of hydrogen-bond donors (Lipinski definition) is 2. The lowest BCUT2D eigenvalue weighted by atomic mass is 10.1. The van der Waals surface area contributed by atoms with Crippen molar-refractivity contribution in [2.24, 2.45) is 0 Å². The summed E-state index contributed by atoms with van der Waals surface area (Å²) in [6, 6.07) is -0.240. The zero-order valence-electron chi connectivity index (χ0n) is 7.38. The predicted octanol–water partition coefficient (Wildman–Crippen LogP) is -0.998. The van der Waals surface area contributed by atoms with Crippen LogP contribution in [0.3, 0.4) is 0 Å². The summed E-state index contributed by atoms with van der Waals surface area (Å²) in [6.45, 7) is 1.87. The molecule has 72 valence electrons. The van der Waals surface area contributed by atoms with Crippen LogP contribution in [-0.2, 0) is 9.59 Å². The molecular formula is C8H13N3O2. The molecule has 2 rings (SSSR count). The molecule has 2 heterocycles. The molecule has 0 aromatic carbocycles. The number of nitrogens with one attached hydrogen (secondary N) is 2. The lowest BCUT2D eigenvalue weighted by Gasteiger charge is -2.29. The molecule has 0 spiro atoms. The van der Waals surface area contributed by atoms with Gasteiger partial charge in [0.05, 0.1) is 12.5 Å². The topological polar surface area (TPSA) is 61.4 Å². The van der Waals surface area contributed by atoms with Crippen molar-refractivity contribution in [3.05, 3.63) is 0 Å².